The number of aryl methyl sites for hydroxylation is 2. The lowest BCUT2D eigenvalue weighted by Gasteiger charge is -2.06. The lowest BCUT2D eigenvalue weighted by molar-refractivity contribution is 0.306. The molecule has 30 heavy (non-hydrogen) atoms. The zero-order chi connectivity index (χ0) is 20.7. The fraction of sp³-hybridized carbons (Fsp3) is 0.111. The Labute approximate surface area is 193 Å². The average molecular weight is 521 g/mol. The minimum Gasteiger partial charge on any atom is -0.489 e. The zero-order valence-electron chi connectivity index (χ0n) is 17.0. The highest BCUT2D eigenvalue weighted by molar-refractivity contribution is 14.1. The lowest BCUT2D eigenvalue weighted by atomic mass is 10.1. The summed E-state index contributed by atoms with van der Waals surface area (Å²) in [5.41, 5.74) is 3.81. The smallest absolute Gasteiger partial charge is 0.187 e. The van der Waals surface area contributed by atoms with Crippen molar-refractivity contribution in [1.29, 1.82) is 0 Å². The fourth-order valence-electron chi connectivity index (χ4n) is 3.86. The summed E-state index contributed by atoms with van der Waals surface area (Å²) < 4.78 is 10.1. The van der Waals surface area contributed by atoms with Crippen molar-refractivity contribution in [2.24, 2.45) is 0 Å². The summed E-state index contributed by atoms with van der Waals surface area (Å²) in [6.45, 7) is 4.93. The molecule has 1 nitrogen and oxygen atoms in total. The monoisotopic (exact) mass is 521 g/mol. The van der Waals surface area contributed by atoms with Gasteiger partial charge in [-0.25, -0.2) is 0 Å². The maximum absolute atomic E-state index is 6.02. The van der Waals surface area contributed by atoms with E-state index in [0.29, 0.717) is 6.61 Å². The molecule has 0 amide bonds. The second kappa shape index (κ2) is 8.05. The quantitative estimate of drug-likeness (QED) is 0.170. The van der Waals surface area contributed by atoms with Crippen molar-refractivity contribution in [2.75, 3.05) is 0 Å². The van der Waals surface area contributed by atoms with Crippen LogP contribution in [0.4, 0.5) is 0 Å². The van der Waals surface area contributed by atoms with Crippen LogP contribution in [-0.2, 0) is 6.61 Å². The number of benzene rings is 4. The van der Waals surface area contributed by atoms with E-state index in [4.69, 9.17) is 4.74 Å². The van der Waals surface area contributed by atoms with Crippen LogP contribution in [0.15, 0.2) is 84.9 Å². The Kier molecular flexibility index (Phi) is 5.25. The second-order valence-corrected chi connectivity index (χ2v) is 10.9. The van der Waals surface area contributed by atoms with Gasteiger partial charge in [-0.15, -0.1) is 0 Å². The van der Waals surface area contributed by atoms with Gasteiger partial charge in [0, 0.05) is 36.9 Å². The highest BCUT2D eigenvalue weighted by Gasteiger charge is 2.23. The average Bonchev–Trinajstić information content (AvgIpc) is 3.06. The first-order valence-electron chi connectivity index (χ1n) is 10.0. The third kappa shape index (κ3) is 3.72. The van der Waals surface area contributed by atoms with Crippen LogP contribution in [0.3, 0.4) is 0 Å². The Bertz CT molecular complexity index is 1290. The van der Waals surface area contributed by atoms with Gasteiger partial charge in [0.25, 0.3) is 0 Å². The molecule has 5 rings (SSSR count). The van der Waals surface area contributed by atoms with Gasteiger partial charge in [0.05, 0.1) is 0 Å². The third-order valence-corrected chi connectivity index (χ3v) is 8.43. The Balaban J connectivity index is 1.51. The van der Waals surface area contributed by atoms with Gasteiger partial charge in [0.1, 0.15) is 12.4 Å². The standard InChI is InChI=1S/C27H22IOS/c1-18-3-13-26-24(15-18)25-16-19(2)4-14-27(25)30(26)23-11-9-22(10-12-23)29-17-20-5-7-21(28)8-6-20/h3-16H,17H2,1-2H3/q+1. The minimum absolute atomic E-state index is 0.0643. The molecule has 3 heteroatoms. The van der Waals surface area contributed by atoms with Crippen LogP contribution in [0.5, 0.6) is 5.75 Å². The van der Waals surface area contributed by atoms with Crippen molar-refractivity contribution < 1.29 is 4.74 Å². The van der Waals surface area contributed by atoms with E-state index >= 15 is 0 Å². The molecule has 0 spiro atoms. The van der Waals surface area contributed by atoms with E-state index in [-0.39, 0.29) is 10.5 Å². The Morgan fingerprint density at radius 1 is 0.700 bits per heavy atom. The zero-order valence-corrected chi connectivity index (χ0v) is 20.0. The number of fused-ring (bicyclic) bond motifs is 3. The molecule has 4 aromatic carbocycles. The van der Waals surface area contributed by atoms with Crippen LogP contribution in [0, 0.1) is 17.4 Å². The molecule has 0 radical (unpaired) electrons. The molecule has 0 N–H and O–H groups in total. The molecule has 0 unspecified atom stereocenters. The number of rotatable bonds is 4. The maximum atomic E-state index is 6.02. The molecule has 0 aliphatic carbocycles. The van der Waals surface area contributed by atoms with E-state index in [2.05, 4.69) is 121 Å². The molecule has 0 saturated heterocycles. The fourth-order valence-corrected chi connectivity index (χ4v) is 6.55. The molecule has 0 atom stereocenters. The van der Waals surface area contributed by atoms with E-state index in [9.17, 15) is 0 Å². The molecule has 0 fully saturated rings. The van der Waals surface area contributed by atoms with Gasteiger partial charge in [-0.2, -0.15) is 0 Å². The number of hydrogen-bond donors (Lipinski definition) is 0. The highest BCUT2D eigenvalue weighted by Crippen LogP contribution is 2.48. The summed E-state index contributed by atoms with van der Waals surface area (Å²) in [4.78, 5) is 1.34. The summed E-state index contributed by atoms with van der Waals surface area (Å²) >= 11 is 2.32. The normalized spacial score (nSPS) is 11.3. The van der Waals surface area contributed by atoms with Crippen molar-refractivity contribution in [1.82, 2.24) is 0 Å². The molecule has 5 aromatic rings. The molecule has 1 aromatic heterocycles. The Hall–Kier alpha value is -2.37. The summed E-state index contributed by atoms with van der Waals surface area (Å²) in [6, 6.07) is 30.9. The Morgan fingerprint density at radius 3 is 1.83 bits per heavy atom. The van der Waals surface area contributed by atoms with E-state index in [1.165, 1.54) is 45.3 Å². The molecule has 0 bridgehead atoms. The van der Waals surface area contributed by atoms with E-state index in [1.54, 1.807) is 0 Å². The van der Waals surface area contributed by atoms with Gasteiger partial charge >= 0.3 is 0 Å². The van der Waals surface area contributed by atoms with Crippen LogP contribution in [0.1, 0.15) is 16.7 Å². The summed E-state index contributed by atoms with van der Waals surface area (Å²) in [6.07, 6.45) is 0. The SMILES string of the molecule is Cc1ccc2c(c1)c1cc(C)ccc1[s+]2-c1ccc(OCc2ccc(I)cc2)cc1. The largest absolute Gasteiger partial charge is 0.489 e. The van der Waals surface area contributed by atoms with Crippen molar-refractivity contribution in [3.05, 3.63) is 105 Å². The van der Waals surface area contributed by atoms with E-state index in [1.807, 2.05) is 0 Å². The summed E-state index contributed by atoms with van der Waals surface area (Å²) in [5.74, 6) is 0.911. The van der Waals surface area contributed by atoms with Crippen molar-refractivity contribution >= 4 is 53.2 Å². The van der Waals surface area contributed by atoms with Crippen LogP contribution in [0.2, 0.25) is 0 Å². The van der Waals surface area contributed by atoms with Gasteiger partial charge in [-0.3, -0.25) is 0 Å². The topological polar surface area (TPSA) is 9.23 Å². The predicted octanol–water partition coefficient (Wildman–Crippen LogP) is 8.53. The van der Waals surface area contributed by atoms with E-state index in [0.717, 1.165) is 5.75 Å². The number of halogens is 1. The lowest BCUT2D eigenvalue weighted by Crippen LogP contribution is -1.95. The molecule has 0 aliphatic rings. The highest BCUT2D eigenvalue weighted by atomic mass is 127. The summed E-state index contributed by atoms with van der Waals surface area (Å²) in [5, 5.41) is 2.77. The minimum atomic E-state index is -0.0643. The first kappa shape index (κ1) is 19.6. The molecule has 0 saturated carbocycles. The van der Waals surface area contributed by atoms with Gasteiger partial charge in [0.2, 0.25) is 0 Å². The van der Waals surface area contributed by atoms with Crippen molar-refractivity contribution in [2.45, 2.75) is 20.5 Å². The molecular formula is C27H22IOS+. The van der Waals surface area contributed by atoms with Gasteiger partial charge in [-0.05, 0) is 90.5 Å². The maximum Gasteiger partial charge on any atom is 0.187 e. The van der Waals surface area contributed by atoms with E-state index < -0.39 is 0 Å². The summed E-state index contributed by atoms with van der Waals surface area (Å²) in [7, 11) is -0.0643. The predicted molar refractivity (Wildman–Crippen MR) is 138 cm³/mol. The number of ether oxygens (including phenoxy) is 1. The van der Waals surface area contributed by atoms with Crippen molar-refractivity contribution in [3.63, 3.8) is 0 Å². The van der Waals surface area contributed by atoms with Crippen LogP contribution < -0.4 is 4.74 Å². The first-order chi connectivity index (χ1) is 14.6. The van der Waals surface area contributed by atoms with Gasteiger partial charge in [0.15, 0.2) is 14.3 Å². The molecule has 148 valence electrons. The van der Waals surface area contributed by atoms with Gasteiger partial charge in [-0.1, -0.05) is 35.4 Å². The molecule has 1 heterocycles. The third-order valence-electron chi connectivity index (χ3n) is 5.38. The second-order valence-electron chi connectivity index (χ2n) is 7.69. The number of thiophene rings is 1. The van der Waals surface area contributed by atoms with Crippen molar-refractivity contribution in [3.8, 4) is 10.6 Å². The van der Waals surface area contributed by atoms with Gasteiger partial charge < -0.3 is 4.74 Å². The molecule has 0 aliphatic heterocycles. The van der Waals surface area contributed by atoms with Crippen LogP contribution in [-0.4, -0.2) is 0 Å². The first-order valence-corrected chi connectivity index (χ1v) is 12.3. The molecular weight excluding hydrogens is 499 g/mol. The van der Waals surface area contributed by atoms with Crippen LogP contribution in [0.25, 0.3) is 25.1 Å². The Morgan fingerprint density at radius 2 is 1.27 bits per heavy atom. The number of hydrogen-bond acceptors (Lipinski definition) is 1. The van der Waals surface area contributed by atoms with Crippen LogP contribution >= 0.6 is 33.1 Å².